The molecule has 9 nitrogen and oxygen atoms in total. The van der Waals surface area contributed by atoms with Gasteiger partial charge in [0.05, 0.1) is 24.7 Å². The zero-order valence-corrected chi connectivity index (χ0v) is 14.4. The molecular weight excluding hydrogens is 326 g/mol. The minimum absolute atomic E-state index is 0.0440. The molecule has 136 valence electrons. The number of aromatic nitrogens is 1. The lowest BCUT2D eigenvalue weighted by atomic mass is 9.93. The Bertz CT molecular complexity index is 681. The summed E-state index contributed by atoms with van der Waals surface area (Å²) < 4.78 is 5.19. The Kier molecular flexibility index (Phi) is 4.65. The number of primary amides is 1. The number of nitrogens with one attached hydrogen (secondary N) is 1. The van der Waals surface area contributed by atoms with Crippen molar-refractivity contribution in [2.24, 2.45) is 11.7 Å². The van der Waals surface area contributed by atoms with Crippen LogP contribution in [-0.2, 0) is 16.1 Å². The van der Waals surface area contributed by atoms with Gasteiger partial charge in [0.1, 0.15) is 5.76 Å². The summed E-state index contributed by atoms with van der Waals surface area (Å²) in [6, 6.07) is -0.778. The minimum Gasteiger partial charge on any atom is -0.361 e. The van der Waals surface area contributed by atoms with Crippen molar-refractivity contribution in [3.8, 4) is 0 Å². The van der Waals surface area contributed by atoms with E-state index in [4.69, 9.17) is 10.3 Å². The molecule has 0 spiro atoms. The number of fused-ring (bicyclic) bond motifs is 4. The first-order valence-corrected chi connectivity index (χ1v) is 8.40. The summed E-state index contributed by atoms with van der Waals surface area (Å²) in [7, 11) is 0. The second-order valence-electron chi connectivity index (χ2n) is 6.71. The third-order valence-electron chi connectivity index (χ3n) is 5.07. The molecule has 3 fully saturated rings. The van der Waals surface area contributed by atoms with Crippen molar-refractivity contribution in [3.05, 3.63) is 17.0 Å². The van der Waals surface area contributed by atoms with Crippen molar-refractivity contribution in [1.82, 2.24) is 20.3 Å². The third kappa shape index (κ3) is 3.45. The molecule has 2 bridgehead atoms. The Labute approximate surface area is 145 Å². The van der Waals surface area contributed by atoms with E-state index in [1.807, 2.05) is 18.7 Å². The van der Waals surface area contributed by atoms with E-state index < -0.39 is 6.03 Å². The SMILES string of the molecule is Cc1noc(C)c1CN1C(=O)[C@H]2CC[C@@H]1CN(C(=O)CNC(N)=O)C2. The highest BCUT2D eigenvalue weighted by Crippen LogP contribution is 2.31. The van der Waals surface area contributed by atoms with Crippen LogP contribution < -0.4 is 11.1 Å². The third-order valence-corrected chi connectivity index (χ3v) is 5.07. The van der Waals surface area contributed by atoms with Crippen molar-refractivity contribution in [2.45, 2.75) is 39.3 Å². The van der Waals surface area contributed by atoms with Crippen molar-refractivity contribution < 1.29 is 18.9 Å². The van der Waals surface area contributed by atoms with Crippen LogP contribution in [-0.4, -0.2) is 58.5 Å². The summed E-state index contributed by atoms with van der Waals surface area (Å²) in [4.78, 5) is 39.5. The van der Waals surface area contributed by atoms with Crippen LogP contribution in [0.4, 0.5) is 4.79 Å². The van der Waals surface area contributed by atoms with Crippen molar-refractivity contribution >= 4 is 17.8 Å². The Hall–Kier alpha value is -2.58. The first kappa shape index (κ1) is 17.2. The van der Waals surface area contributed by atoms with Crippen LogP contribution in [0, 0.1) is 19.8 Å². The van der Waals surface area contributed by atoms with E-state index in [0.29, 0.717) is 25.4 Å². The summed E-state index contributed by atoms with van der Waals surface area (Å²) >= 11 is 0. The summed E-state index contributed by atoms with van der Waals surface area (Å²) in [6.45, 7) is 4.84. The Morgan fingerprint density at radius 1 is 1.32 bits per heavy atom. The van der Waals surface area contributed by atoms with Crippen LogP contribution in [0.1, 0.15) is 29.9 Å². The standard InChI is InChI=1S/C16H23N5O4/c1-9-13(10(2)25-19-9)8-21-12-4-3-11(15(21)23)6-20(7-12)14(22)5-18-16(17)24/h11-12H,3-8H2,1-2H3,(H3,17,18,24)/t11-,12+/m0/s1. The number of piperidine rings is 1. The lowest BCUT2D eigenvalue weighted by molar-refractivity contribution is -0.140. The maximum Gasteiger partial charge on any atom is 0.312 e. The summed E-state index contributed by atoms with van der Waals surface area (Å²) in [5.74, 6) is 0.345. The molecule has 1 aromatic rings. The topological polar surface area (TPSA) is 122 Å². The van der Waals surface area contributed by atoms with Crippen molar-refractivity contribution in [1.29, 1.82) is 0 Å². The van der Waals surface area contributed by atoms with Crippen LogP contribution in [0.3, 0.4) is 0 Å². The number of amides is 4. The Balaban J connectivity index is 1.75. The van der Waals surface area contributed by atoms with Gasteiger partial charge in [-0.15, -0.1) is 0 Å². The predicted octanol–water partition coefficient (Wildman–Crippen LogP) is -0.0909. The minimum atomic E-state index is -0.734. The quantitative estimate of drug-likeness (QED) is 0.787. The molecule has 4 amide bonds. The van der Waals surface area contributed by atoms with Gasteiger partial charge in [0.2, 0.25) is 11.8 Å². The van der Waals surface area contributed by atoms with Crippen LogP contribution in [0.15, 0.2) is 4.52 Å². The van der Waals surface area contributed by atoms with Gasteiger partial charge in [0.15, 0.2) is 0 Å². The lowest BCUT2D eigenvalue weighted by Crippen LogP contribution is -2.48. The van der Waals surface area contributed by atoms with E-state index in [1.54, 1.807) is 4.90 Å². The molecular formula is C16H23N5O4. The molecule has 4 heterocycles. The monoisotopic (exact) mass is 349 g/mol. The number of urea groups is 1. The van der Waals surface area contributed by atoms with Crippen molar-refractivity contribution in [2.75, 3.05) is 19.6 Å². The molecule has 0 unspecified atom stereocenters. The molecule has 4 rings (SSSR count). The van der Waals surface area contributed by atoms with Crippen LogP contribution in [0.5, 0.6) is 0 Å². The fraction of sp³-hybridized carbons (Fsp3) is 0.625. The molecule has 0 radical (unpaired) electrons. The van der Waals surface area contributed by atoms with Gasteiger partial charge >= 0.3 is 6.03 Å². The normalized spacial score (nSPS) is 22.9. The number of carbonyl (C=O) groups excluding carboxylic acids is 3. The van der Waals surface area contributed by atoms with E-state index in [9.17, 15) is 14.4 Å². The zero-order chi connectivity index (χ0) is 18.1. The number of aryl methyl sites for hydroxylation is 2. The first-order chi connectivity index (χ1) is 11.9. The second-order valence-corrected chi connectivity index (χ2v) is 6.71. The van der Waals surface area contributed by atoms with Gasteiger partial charge in [-0.25, -0.2) is 4.79 Å². The highest BCUT2D eigenvalue weighted by molar-refractivity contribution is 5.85. The van der Waals surface area contributed by atoms with E-state index in [-0.39, 0.29) is 30.3 Å². The average molecular weight is 349 g/mol. The molecule has 3 aliphatic heterocycles. The molecule has 25 heavy (non-hydrogen) atoms. The van der Waals surface area contributed by atoms with E-state index >= 15 is 0 Å². The first-order valence-electron chi connectivity index (χ1n) is 8.40. The zero-order valence-electron chi connectivity index (χ0n) is 14.4. The fourth-order valence-corrected chi connectivity index (χ4v) is 3.62. The number of nitrogens with zero attached hydrogens (tertiary/aromatic N) is 3. The van der Waals surface area contributed by atoms with Crippen molar-refractivity contribution in [3.63, 3.8) is 0 Å². The highest BCUT2D eigenvalue weighted by Gasteiger charge is 2.42. The van der Waals surface area contributed by atoms with Gasteiger partial charge in [-0.2, -0.15) is 0 Å². The molecule has 0 aliphatic carbocycles. The molecule has 3 N–H and O–H groups in total. The molecule has 0 saturated carbocycles. The molecule has 0 aromatic carbocycles. The van der Waals surface area contributed by atoms with E-state index in [2.05, 4.69) is 10.5 Å². The molecule has 3 saturated heterocycles. The summed E-state index contributed by atoms with van der Waals surface area (Å²) in [6.07, 6.45) is 1.63. The Morgan fingerprint density at radius 3 is 2.72 bits per heavy atom. The molecule has 9 heteroatoms. The van der Waals surface area contributed by atoms with Gasteiger partial charge in [0, 0.05) is 24.7 Å². The molecule has 3 aliphatic rings. The van der Waals surface area contributed by atoms with E-state index in [0.717, 1.165) is 24.1 Å². The van der Waals surface area contributed by atoms with Gasteiger partial charge in [-0.05, 0) is 26.7 Å². The van der Waals surface area contributed by atoms with Gasteiger partial charge in [-0.3, -0.25) is 9.59 Å². The average Bonchev–Trinajstić information content (AvgIpc) is 2.76. The second kappa shape index (κ2) is 6.73. The van der Waals surface area contributed by atoms with Gasteiger partial charge in [-0.1, -0.05) is 5.16 Å². The highest BCUT2D eigenvalue weighted by atomic mass is 16.5. The van der Waals surface area contributed by atoms with E-state index in [1.165, 1.54) is 0 Å². The summed E-state index contributed by atoms with van der Waals surface area (Å²) in [5, 5.41) is 6.26. The molecule has 1 aromatic heterocycles. The predicted molar refractivity (Wildman–Crippen MR) is 87.2 cm³/mol. The number of carbonyl (C=O) groups is 3. The number of hydrogen-bond acceptors (Lipinski definition) is 5. The maximum absolute atomic E-state index is 12.8. The largest absolute Gasteiger partial charge is 0.361 e. The van der Waals surface area contributed by atoms with Crippen LogP contribution in [0.2, 0.25) is 0 Å². The Morgan fingerprint density at radius 2 is 2.08 bits per heavy atom. The number of rotatable bonds is 4. The fourth-order valence-electron chi connectivity index (χ4n) is 3.62. The molecule has 2 atom stereocenters. The van der Waals surface area contributed by atoms with Gasteiger partial charge < -0.3 is 25.4 Å². The number of hydrogen-bond donors (Lipinski definition) is 2. The smallest absolute Gasteiger partial charge is 0.312 e. The lowest BCUT2D eigenvalue weighted by Gasteiger charge is -2.35. The van der Waals surface area contributed by atoms with Crippen LogP contribution in [0.25, 0.3) is 0 Å². The summed E-state index contributed by atoms with van der Waals surface area (Å²) in [5.41, 5.74) is 6.72. The van der Waals surface area contributed by atoms with Gasteiger partial charge in [0.25, 0.3) is 0 Å². The maximum atomic E-state index is 12.8. The van der Waals surface area contributed by atoms with Crippen LogP contribution >= 0.6 is 0 Å². The number of nitrogens with two attached hydrogens (primary N) is 1.